The highest BCUT2D eigenvalue weighted by atomic mass is 16.6. The molecule has 0 spiro atoms. The first-order valence-electron chi connectivity index (χ1n) is 6.83. The lowest BCUT2D eigenvalue weighted by molar-refractivity contribution is -0.384. The van der Waals surface area contributed by atoms with E-state index in [9.17, 15) is 24.5 Å². The highest BCUT2D eigenvalue weighted by Crippen LogP contribution is 2.26. The molecule has 0 saturated heterocycles. The Labute approximate surface area is 134 Å². The van der Waals surface area contributed by atoms with Crippen molar-refractivity contribution in [2.45, 2.75) is 6.92 Å². The molecule has 1 aliphatic heterocycles. The Balaban J connectivity index is 1.78. The number of nitrogens with zero attached hydrogens (tertiary/aromatic N) is 3. The summed E-state index contributed by atoms with van der Waals surface area (Å²) < 4.78 is 0. The number of carbonyl (C=O) groups excluding carboxylic acids is 3. The molecule has 0 unspecified atom stereocenters. The van der Waals surface area contributed by atoms with Gasteiger partial charge in [0.25, 0.3) is 17.5 Å². The van der Waals surface area contributed by atoms with Gasteiger partial charge < -0.3 is 5.32 Å². The summed E-state index contributed by atoms with van der Waals surface area (Å²) in [4.78, 5) is 47.3. The number of H-pyrrole nitrogens is 1. The Hall–Kier alpha value is -3.56. The number of anilines is 1. The number of nitro groups is 1. The van der Waals surface area contributed by atoms with Gasteiger partial charge in [0.1, 0.15) is 6.54 Å². The minimum Gasteiger partial charge on any atom is -0.308 e. The van der Waals surface area contributed by atoms with Crippen molar-refractivity contribution < 1.29 is 19.3 Å². The summed E-state index contributed by atoms with van der Waals surface area (Å²) in [6, 6.07) is 4.97. The smallest absolute Gasteiger partial charge is 0.270 e. The van der Waals surface area contributed by atoms with Gasteiger partial charge in [0.15, 0.2) is 5.82 Å². The Bertz CT molecular complexity index is 887. The van der Waals surface area contributed by atoms with Crippen LogP contribution < -0.4 is 5.32 Å². The summed E-state index contributed by atoms with van der Waals surface area (Å²) in [5.41, 5.74) is 0.387. The van der Waals surface area contributed by atoms with Crippen LogP contribution in [0.15, 0.2) is 24.3 Å². The van der Waals surface area contributed by atoms with Crippen molar-refractivity contribution in [3.63, 3.8) is 0 Å². The molecule has 1 aromatic heterocycles. The molecule has 0 bridgehead atoms. The molecule has 0 fully saturated rings. The SMILES string of the molecule is Cc1cc(NC(=O)CN2C(=O)c3ccc([N+](=O)[O-])cc3C2=O)n[nH]1. The Morgan fingerprint density at radius 2 is 2.00 bits per heavy atom. The highest BCUT2D eigenvalue weighted by Gasteiger charge is 2.37. The van der Waals surface area contributed by atoms with Crippen LogP contribution in [0.1, 0.15) is 26.4 Å². The summed E-state index contributed by atoms with van der Waals surface area (Å²) in [7, 11) is 0. The zero-order valence-electron chi connectivity index (χ0n) is 12.4. The number of carbonyl (C=O) groups is 3. The molecular formula is C14H11N5O5. The standard InChI is InChI=1S/C14H11N5O5/c1-7-4-11(17-16-7)15-12(20)6-18-13(21)9-3-2-8(19(23)24)5-10(9)14(18)22/h2-5H,6H2,1H3,(H2,15,16,17,20). The van der Waals surface area contributed by atoms with Gasteiger partial charge in [0.2, 0.25) is 5.91 Å². The van der Waals surface area contributed by atoms with Crippen LogP contribution in [-0.4, -0.2) is 44.3 Å². The molecule has 0 atom stereocenters. The third-order valence-electron chi connectivity index (χ3n) is 3.44. The highest BCUT2D eigenvalue weighted by molar-refractivity contribution is 6.23. The van der Waals surface area contributed by atoms with Crippen LogP contribution in [0.5, 0.6) is 0 Å². The number of nitro benzene ring substituents is 1. The second-order valence-electron chi connectivity index (χ2n) is 5.17. The molecule has 0 saturated carbocycles. The summed E-state index contributed by atoms with van der Waals surface area (Å²) in [5.74, 6) is -1.75. The van der Waals surface area contributed by atoms with E-state index in [4.69, 9.17) is 0 Å². The summed E-state index contributed by atoms with van der Waals surface area (Å²) in [6.45, 7) is 1.24. The fourth-order valence-electron chi connectivity index (χ4n) is 2.34. The number of aromatic nitrogens is 2. The summed E-state index contributed by atoms with van der Waals surface area (Å²) >= 11 is 0. The number of nitrogens with one attached hydrogen (secondary N) is 2. The molecule has 10 heteroatoms. The fourth-order valence-corrected chi connectivity index (χ4v) is 2.34. The number of rotatable bonds is 4. The van der Waals surface area contributed by atoms with Crippen molar-refractivity contribution in [1.29, 1.82) is 0 Å². The van der Waals surface area contributed by atoms with Gasteiger partial charge in [0, 0.05) is 23.9 Å². The number of amides is 3. The van der Waals surface area contributed by atoms with Gasteiger partial charge in [-0.25, -0.2) is 0 Å². The van der Waals surface area contributed by atoms with Gasteiger partial charge in [-0.1, -0.05) is 0 Å². The normalized spacial score (nSPS) is 13.1. The van der Waals surface area contributed by atoms with Crippen LogP contribution >= 0.6 is 0 Å². The van der Waals surface area contributed by atoms with Crippen LogP contribution in [0, 0.1) is 17.0 Å². The van der Waals surface area contributed by atoms with Crippen LogP contribution in [0.4, 0.5) is 11.5 Å². The average Bonchev–Trinajstić information content (AvgIpc) is 3.04. The maximum atomic E-state index is 12.3. The van der Waals surface area contributed by atoms with Crippen LogP contribution in [-0.2, 0) is 4.79 Å². The predicted molar refractivity (Wildman–Crippen MR) is 80.4 cm³/mol. The van der Waals surface area contributed by atoms with E-state index >= 15 is 0 Å². The number of hydrogen-bond acceptors (Lipinski definition) is 6. The molecule has 2 aromatic rings. The first kappa shape index (κ1) is 15.3. The van der Waals surface area contributed by atoms with Gasteiger partial charge in [-0.05, 0) is 13.0 Å². The average molecular weight is 329 g/mol. The lowest BCUT2D eigenvalue weighted by Gasteiger charge is -2.12. The Morgan fingerprint density at radius 1 is 1.29 bits per heavy atom. The molecular weight excluding hydrogens is 318 g/mol. The number of aryl methyl sites for hydroxylation is 1. The maximum Gasteiger partial charge on any atom is 0.270 e. The largest absolute Gasteiger partial charge is 0.308 e. The monoisotopic (exact) mass is 329 g/mol. The molecule has 24 heavy (non-hydrogen) atoms. The van der Waals surface area contributed by atoms with Gasteiger partial charge in [-0.15, -0.1) is 0 Å². The summed E-state index contributed by atoms with van der Waals surface area (Å²) in [6.07, 6.45) is 0. The molecule has 122 valence electrons. The first-order chi connectivity index (χ1) is 11.4. The van der Waals surface area contributed by atoms with Crippen LogP contribution in [0.25, 0.3) is 0 Å². The number of fused-ring (bicyclic) bond motifs is 1. The van der Waals surface area contributed by atoms with Crippen molar-refractivity contribution >= 4 is 29.2 Å². The minimum atomic E-state index is -0.743. The molecule has 2 heterocycles. The Kier molecular flexibility index (Phi) is 3.56. The van der Waals surface area contributed by atoms with Gasteiger partial charge in [-0.3, -0.25) is 34.5 Å². The topological polar surface area (TPSA) is 138 Å². The van der Waals surface area contributed by atoms with E-state index in [0.717, 1.165) is 22.7 Å². The lowest BCUT2D eigenvalue weighted by Crippen LogP contribution is -2.37. The fraction of sp³-hybridized carbons (Fsp3) is 0.143. The molecule has 3 rings (SSSR count). The number of imide groups is 1. The van der Waals surface area contributed by atoms with E-state index in [1.54, 1.807) is 13.0 Å². The first-order valence-corrected chi connectivity index (χ1v) is 6.83. The number of hydrogen-bond donors (Lipinski definition) is 2. The van der Waals surface area contributed by atoms with E-state index < -0.39 is 29.2 Å². The number of benzene rings is 1. The predicted octanol–water partition coefficient (Wildman–Crippen LogP) is 0.861. The summed E-state index contributed by atoms with van der Waals surface area (Å²) in [5, 5.41) is 19.7. The molecule has 3 amide bonds. The molecule has 0 radical (unpaired) electrons. The second-order valence-corrected chi connectivity index (χ2v) is 5.17. The van der Waals surface area contributed by atoms with E-state index in [0.29, 0.717) is 0 Å². The quantitative estimate of drug-likeness (QED) is 0.484. The number of non-ortho nitro benzene ring substituents is 1. The van der Waals surface area contributed by atoms with Crippen LogP contribution in [0.3, 0.4) is 0 Å². The van der Waals surface area contributed by atoms with Gasteiger partial charge in [-0.2, -0.15) is 5.10 Å². The molecule has 1 aromatic carbocycles. The van der Waals surface area contributed by atoms with Crippen LogP contribution in [0.2, 0.25) is 0 Å². The van der Waals surface area contributed by atoms with Gasteiger partial charge in [0.05, 0.1) is 16.1 Å². The van der Waals surface area contributed by atoms with E-state index in [2.05, 4.69) is 15.5 Å². The second kappa shape index (κ2) is 5.57. The molecule has 2 N–H and O–H groups in total. The van der Waals surface area contributed by atoms with E-state index in [1.165, 1.54) is 6.07 Å². The van der Waals surface area contributed by atoms with Crippen molar-refractivity contribution in [3.05, 3.63) is 51.2 Å². The lowest BCUT2D eigenvalue weighted by atomic mass is 10.1. The number of aromatic amines is 1. The molecule has 10 nitrogen and oxygen atoms in total. The van der Waals surface area contributed by atoms with E-state index in [1.807, 2.05) is 0 Å². The zero-order chi connectivity index (χ0) is 17.4. The van der Waals surface area contributed by atoms with Gasteiger partial charge >= 0.3 is 0 Å². The molecule has 0 aliphatic carbocycles. The van der Waals surface area contributed by atoms with E-state index in [-0.39, 0.29) is 22.6 Å². The van der Waals surface area contributed by atoms with Crippen molar-refractivity contribution in [2.24, 2.45) is 0 Å². The maximum absolute atomic E-state index is 12.3. The van der Waals surface area contributed by atoms with Crippen molar-refractivity contribution in [2.75, 3.05) is 11.9 Å². The van der Waals surface area contributed by atoms with Crippen molar-refractivity contribution in [3.8, 4) is 0 Å². The molecule has 1 aliphatic rings. The zero-order valence-corrected chi connectivity index (χ0v) is 12.4. The minimum absolute atomic E-state index is 0.0361. The van der Waals surface area contributed by atoms with Crippen molar-refractivity contribution in [1.82, 2.24) is 15.1 Å². The third-order valence-corrected chi connectivity index (χ3v) is 3.44. The third kappa shape index (κ3) is 2.60. The Morgan fingerprint density at radius 3 is 2.62 bits per heavy atom.